The van der Waals surface area contributed by atoms with Crippen molar-refractivity contribution in [3.8, 4) is 0 Å². The minimum absolute atomic E-state index is 0.111. The number of ether oxygens (including phenoxy) is 1. The Morgan fingerprint density at radius 1 is 1.53 bits per heavy atom. The van der Waals surface area contributed by atoms with Crippen LogP contribution >= 0.6 is 0 Å². The van der Waals surface area contributed by atoms with Gasteiger partial charge in [0.15, 0.2) is 0 Å². The van der Waals surface area contributed by atoms with Crippen LogP contribution in [-0.2, 0) is 9.53 Å². The first-order chi connectivity index (χ1) is 8.20. The summed E-state index contributed by atoms with van der Waals surface area (Å²) in [5, 5.41) is 0. The lowest BCUT2D eigenvalue weighted by Crippen LogP contribution is -2.51. The summed E-state index contributed by atoms with van der Waals surface area (Å²) in [5.74, 6) is 0.111. The molecule has 0 aromatic heterocycles. The van der Waals surface area contributed by atoms with Crippen molar-refractivity contribution in [3.63, 3.8) is 0 Å². The molecule has 1 rings (SSSR count). The highest BCUT2D eigenvalue weighted by molar-refractivity contribution is 5.82. The van der Waals surface area contributed by atoms with Gasteiger partial charge in [0, 0.05) is 26.3 Å². The lowest BCUT2D eigenvalue weighted by atomic mass is 9.97. The molecule has 1 amide bonds. The van der Waals surface area contributed by atoms with Gasteiger partial charge in [0.2, 0.25) is 5.91 Å². The molecule has 2 unspecified atom stereocenters. The van der Waals surface area contributed by atoms with Crippen molar-refractivity contribution in [1.29, 1.82) is 0 Å². The molecule has 17 heavy (non-hydrogen) atoms. The molecule has 0 saturated carbocycles. The van der Waals surface area contributed by atoms with Gasteiger partial charge in [-0.25, -0.2) is 0 Å². The Kier molecular flexibility index (Phi) is 6.52. The fourth-order valence-electron chi connectivity index (χ4n) is 2.51. The number of rotatable bonds is 6. The van der Waals surface area contributed by atoms with Crippen molar-refractivity contribution in [3.05, 3.63) is 0 Å². The molecule has 2 N–H and O–H groups in total. The van der Waals surface area contributed by atoms with Gasteiger partial charge in [0.1, 0.15) is 0 Å². The molecule has 0 aromatic carbocycles. The van der Waals surface area contributed by atoms with Gasteiger partial charge in [0.25, 0.3) is 0 Å². The van der Waals surface area contributed by atoms with Crippen LogP contribution in [0.15, 0.2) is 0 Å². The molecule has 0 bridgehead atoms. The van der Waals surface area contributed by atoms with Crippen molar-refractivity contribution in [1.82, 2.24) is 4.90 Å². The van der Waals surface area contributed by atoms with Crippen molar-refractivity contribution in [2.24, 2.45) is 5.73 Å². The predicted octanol–water partition coefficient (Wildman–Crippen LogP) is 1.53. The molecule has 1 aliphatic heterocycles. The zero-order valence-electron chi connectivity index (χ0n) is 11.2. The molecule has 1 fully saturated rings. The third kappa shape index (κ3) is 4.28. The second-order valence-electron chi connectivity index (χ2n) is 4.86. The summed E-state index contributed by atoms with van der Waals surface area (Å²) < 4.78 is 4.97. The third-order valence-corrected chi connectivity index (χ3v) is 3.48. The van der Waals surface area contributed by atoms with E-state index in [1.807, 2.05) is 4.90 Å². The van der Waals surface area contributed by atoms with E-state index in [-0.39, 0.29) is 5.91 Å². The average Bonchev–Trinajstić information content (AvgIpc) is 2.36. The van der Waals surface area contributed by atoms with Crippen LogP contribution in [0.4, 0.5) is 0 Å². The number of carbonyl (C=O) groups excluding carboxylic acids is 1. The normalized spacial score (nSPS) is 22.5. The van der Waals surface area contributed by atoms with Crippen molar-refractivity contribution in [2.75, 3.05) is 20.3 Å². The predicted molar refractivity (Wildman–Crippen MR) is 68.7 cm³/mol. The van der Waals surface area contributed by atoms with E-state index in [4.69, 9.17) is 10.5 Å². The van der Waals surface area contributed by atoms with E-state index in [0.29, 0.717) is 19.1 Å². The van der Waals surface area contributed by atoms with Crippen LogP contribution in [-0.4, -0.2) is 43.2 Å². The maximum Gasteiger partial charge on any atom is 0.239 e. The van der Waals surface area contributed by atoms with Gasteiger partial charge >= 0.3 is 0 Å². The van der Waals surface area contributed by atoms with Crippen molar-refractivity contribution in [2.45, 2.75) is 57.5 Å². The van der Waals surface area contributed by atoms with E-state index < -0.39 is 6.04 Å². The van der Waals surface area contributed by atoms with E-state index in [0.717, 1.165) is 32.2 Å². The van der Waals surface area contributed by atoms with E-state index in [1.54, 1.807) is 7.11 Å². The van der Waals surface area contributed by atoms with Gasteiger partial charge in [-0.05, 0) is 32.1 Å². The van der Waals surface area contributed by atoms with E-state index in [2.05, 4.69) is 6.92 Å². The number of methoxy groups -OCH3 is 1. The van der Waals surface area contributed by atoms with Crippen LogP contribution in [0.1, 0.15) is 45.4 Å². The van der Waals surface area contributed by atoms with Crippen LogP contribution in [0.25, 0.3) is 0 Å². The van der Waals surface area contributed by atoms with Crippen LogP contribution in [0, 0.1) is 0 Å². The maximum atomic E-state index is 12.2. The number of amides is 1. The number of hydrogen-bond donors (Lipinski definition) is 1. The Balaban J connectivity index is 2.51. The Hall–Kier alpha value is -0.610. The minimum atomic E-state index is -0.396. The van der Waals surface area contributed by atoms with Crippen LogP contribution < -0.4 is 5.73 Å². The van der Waals surface area contributed by atoms with E-state index in [9.17, 15) is 4.79 Å². The van der Waals surface area contributed by atoms with Gasteiger partial charge < -0.3 is 15.4 Å². The van der Waals surface area contributed by atoms with Crippen molar-refractivity contribution < 1.29 is 9.53 Å². The summed E-state index contributed by atoms with van der Waals surface area (Å²) in [6.45, 7) is 3.60. The highest BCUT2D eigenvalue weighted by Gasteiger charge is 2.28. The molecular weight excluding hydrogens is 216 g/mol. The zero-order valence-corrected chi connectivity index (χ0v) is 11.2. The topological polar surface area (TPSA) is 55.6 Å². The van der Waals surface area contributed by atoms with E-state index in [1.165, 1.54) is 6.42 Å². The second-order valence-corrected chi connectivity index (χ2v) is 4.86. The number of piperidine rings is 1. The fraction of sp³-hybridized carbons (Fsp3) is 0.923. The van der Waals surface area contributed by atoms with Gasteiger partial charge in [-0.15, -0.1) is 0 Å². The smallest absolute Gasteiger partial charge is 0.239 e. The molecule has 4 nitrogen and oxygen atoms in total. The van der Waals surface area contributed by atoms with Gasteiger partial charge in [-0.1, -0.05) is 13.3 Å². The molecule has 0 aromatic rings. The Morgan fingerprint density at radius 2 is 2.29 bits per heavy atom. The molecule has 1 heterocycles. The molecule has 2 atom stereocenters. The molecular formula is C13H26N2O2. The zero-order chi connectivity index (χ0) is 12.7. The van der Waals surface area contributed by atoms with Crippen LogP contribution in [0.5, 0.6) is 0 Å². The molecule has 4 heteroatoms. The molecule has 1 saturated heterocycles. The lowest BCUT2D eigenvalue weighted by molar-refractivity contribution is -0.136. The van der Waals surface area contributed by atoms with Crippen molar-refractivity contribution >= 4 is 5.91 Å². The number of hydrogen-bond acceptors (Lipinski definition) is 3. The Labute approximate surface area is 104 Å². The first-order valence-corrected chi connectivity index (χ1v) is 6.75. The third-order valence-electron chi connectivity index (χ3n) is 3.48. The standard InChI is InChI=1S/C13H26N2O2/c1-3-6-11-7-4-5-9-15(11)13(16)12(14)8-10-17-2/h11-12H,3-10,14H2,1-2H3. The van der Waals surface area contributed by atoms with Gasteiger partial charge in [-0.2, -0.15) is 0 Å². The molecule has 0 spiro atoms. The molecule has 100 valence electrons. The number of carbonyl (C=O) groups is 1. The molecule has 0 radical (unpaired) electrons. The number of nitrogens with zero attached hydrogens (tertiary/aromatic N) is 1. The monoisotopic (exact) mass is 242 g/mol. The first-order valence-electron chi connectivity index (χ1n) is 6.75. The summed E-state index contributed by atoms with van der Waals surface area (Å²) in [6, 6.07) is 0.0160. The lowest BCUT2D eigenvalue weighted by Gasteiger charge is -2.37. The van der Waals surface area contributed by atoms with Crippen LogP contribution in [0.3, 0.4) is 0 Å². The number of nitrogens with two attached hydrogens (primary N) is 1. The van der Waals surface area contributed by atoms with Gasteiger partial charge in [0.05, 0.1) is 6.04 Å². The second kappa shape index (κ2) is 7.67. The average molecular weight is 242 g/mol. The molecule has 0 aliphatic carbocycles. The maximum absolute atomic E-state index is 12.2. The first kappa shape index (κ1) is 14.5. The summed E-state index contributed by atoms with van der Waals surface area (Å²) in [6.07, 6.45) is 6.33. The SMILES string of the molecule is CCCC1CCCCN1C(=O)C(N)CCOC. The Morgan fingerprint density at radius 3 is 2.94 bits per heavy atom. The summed E-state index contributed by atoms with van der Waals surface area (Å²) in [5.41, 5.74) is 5.92. The quantitative estimate of drug-likeness (QED) is 0.768. The fourth-order valence-corrected chi connectivity index (χ4v) is 2.51. The largest absolute Gasteiger partial charge is 0.385 e. The number of likely N-dealkylation sites (tertiary alicyclic amines) is 1. The highest BCUT2D eigenvalue weighted by Crippen LogP contribution is 2.21. The molecule has 1 aliphatic rings. The Bertz CT molecular complexity index is 231. The van der Waals surface area contributed by atoms with E-state index >= 15 is 0 Å². The van der Waals surface area contributed by atoms with Gasteiger partial charge in [-0.3, -0.25) is 4.79 Å². The summed E-state index contributed by atoms with van der Waals surface area (Å²) >= 11 is 0. The minimum Gasteiger partial charge on any atom is -0.385 e. The van der Waals surface area contributed by atoms with Crippen LogP contribution in [0.2, 0.25) is 0 Å². The summed E-state index contributed by atoms with van der Waals surface area (Å²) in [4.78, 5) is 14.2. The summed E-state index contributed by atoms with van der Waals surface area (Å²) in [7, 11) is 1.64. The highest BCUT2D eigenvalue weighted by atomic mass is 16.5.